The molecule has 2 aliphatic rings. The maximum Gasteiger partial charge on any atom is 0.298 e. The zero-order valence-corrected chi connectivity index (χ0v) is 11.1. The molecule has 1 aromatic carbocycles. The Hall–Kier alpha value is -2.08. The smallest absolute Gasteiger partial charge is 0.298 e. The number of oxazole rings is 1. The molecule has 20 heavy (non-hydrogen) atoms. The zero-order chi connectivity index (χ0) is 13.5. The summed E-state index contributed by atoms with van der Waals surface area (Å²) in [5.74, 6) is 0.122. The normalized spacial score (nSPS) is 21.0. The molecule has 1 amide bonds. The van der Waals surface area contributed by atoms with Gasteiger partial charge in [-0.3, -0.25) is 9.69 Å². The number of carbonyl (C=O) groups is 1. The summed E-state index contributed by atoms with van der Waals surface area (Å²) >= 11 is 0. The molecule has 2 aromatic rings. The lowest BCUT2D eigenvalue weighted by atomic mass is 10.1. The van der Waals surface area contributed by atoms with Crippen molar-refractivity contribution >= 4 is 23.0 Å². The first kappa shape index (κ1) is 11.7. The van der Waals surface area contributed by atoms with E-state index in [0.29, 0.717) is 18.6 Å². The molecule has 0 spiro atoms. The highest BCUT2D eigenvalue weighted by molar-refractivity contribution is 5.79. The molecule has 0 aliphatic carbocycles. The number of amides is 1. The summed E-state index contributed by atoms with van der Waals surface area (Å²) in [6.07, 6.45) is 0. The van der Waals surface area contributed by atoms with Crippen molar-refractivity contribution in [2.24, 2.45) is 0 Å². The van der Waals surface area contributed by atoms with Crippen LogP contribution >= 0.6 is 0 Å². The molecular weight excluding hydrogens is 256 g/mol. The molecule has 1 N–H and O–H groups in total. The van der Waals surface area contributed by atoms with Crippen LogP contribution in [0, 0.1) is 0 Å². The Bertz CT molecular complexity index is 614. The van der Waals surface area contributed by atoms with Crippen LogP contribution < -0.4 is 10.2 Å². The van der Waals surface area contributed by atoms with Crippen LogP contribution in [-0.2, 0) is 4.79 Å². The average molecular weight is 272 g/mol. The van der Waals surface area contributed by atoms with Crippen molar-refractivity contribution in [1.29, 1.82) is 0 Å². The zero-order valence-electron chi connectivity index (χ0n) is 11.1. The molecule has 104 valence electrons. The predicted molar refractivity (Wildman–Crippen MR) is 74.6 cm³/mol. The summed E-state index contributed by atoms with van der Waals surface area (Å²) in [7, 11) is 0. The first-order valence-electron chi connectivity index (χ1n) is 6.91. The van der Waals surface area contributed by atoms with Gasteiger partial charge in [0.15, 0.2) is 5.58 Å². The van der Waals surface area contributed by atoms with Gasteiger partial charge in [-0.05, 0) is 12.1 Å². The third-order valence-electron chi connectivity index (χ3n) is 4.00. The van der Waals surface area contributed by atoms with Gasteiger partial charge in [0.2, 0.25) is 5.91 Å². The lowest BCUT2D eigenvalue weighted by Crippen LogP contribution is -2.64. The number of fused-ring (bicyclic) bond motifs is 1. The molecule has 2 fully saturated rings. The number of rotatable bonds is 2. The molecular formula is C14H16N4O2. The van der Waals surface area contributed by atoms with Crippen LogP contribution in [0.1, 0.15) is 0 Å². The summed E-state index contributed by atoms with van der Waals surface area (Å²) in [5.41, 5.74) is 1.71. The van der Waals surface area contributed by atoms with E-state index in [1.165, 1.54) is 0 Å². The lowest BCUT2D eigenvalue weighted by molar-refractivity contribution is -0.125. The second-order valence-corrected chi connectivity index (χ2v) is 5.34. The molecule has 2 saturated heterocycles. The van der Waals surface area contributed by atoms with Gasteiger partial charge in [0.05, 0.1) is 6.54 Å². The van der Waals surface area contributed by atoms with Gasteiger partial charge in [0.25, 0.3) is 6.01 Å². The number of hydrogen-bond acceptors (Lipinski definition) is 5. The van der Waals surface area contributed by atoms with Gasteiger partial charge in [0.1, 0.15) is 5.52 Å². The number of nitrogens with zero attached hydrogens (tertiary/aromatic N) is 3. The molecule has 1 aromatic heterocycles. The molecule has 2 aliphatic heterocycles. The lowest BCUT2D eigenvalue weighted by Gasteiger charge is -2.45. The predicted octanol–water partition coefficient (Wildman–Crippen LogP) is 0.448. The number of piperazine rings is 1. The van der Waals surface area contributed by atoms with Gasteiger partial charge in [0, 0.05) is 32.2 Å². The van der Waals surface area contributed by atoms with Crippen LogP contribution in [0.4, 0.5) is 6.01 Å². The second-order valence-electron chi connectivity index (χ2n) is 5.34. The second kappa shape index (κ2) is 4.49. The number of benzene rings is 1. The standard InChI is InChI=1S/C14H16N4O2/c19-13-9-17(6-5-15-13)10-7-18(8-10)14-16-11-3-1-2-4-12(11)20-14/h1-4,10H,5-9H2,(H,15,19). The number of nitrogens with one attached hydrogen (secondary N) is 1. The minimum Gasteiger partial charge on any atom is -0.423 e. The van der Waals surface area contributed by atoms with Crippen LogP contribution in [0.5, 0.6) is 0 Å². The van der Waals surface area contributed by atoms with Crippen molar-refractivity contribution in [3.8, 4) is 0 Å². The van der Waals surface area contributed by atoms with E-state index in [1.807, 2.05) is 24.3 Å². The third-order valence-corrected chi connectivity index (χ3v) is 4.00. The van der Waals surface area contributed by atoms with E-state index < -0.39 is 0 Å². The van der Waals surface area contributed by atoms with Crippen molar-refractivity contribution in [1.82, 2.24) is 15.2 Å². The van der Waals surface area contributed by atoms with Gasteiger partial charge >= 0.3 is 0 Å². The molecule has 0 atom stereocenters. The first-order chi connectivity index (χ1) is 9.79. The van der Waals surface area contributed by atoms with Crippen LogP contribution in [-0.4, -0.2) is 54.6 Å². The largest absolute Gasteiger partial charge is 0.423 e. The Morgan fingerprint density at radius 2 is 2.15 bits per heavy atom. The summed E-state index contributed by atoms with van der Waals surface area (Å²) in [6, 6.07) is 8.90. The highest BCUT2D eigenvalue weighted by Gasteiger charge is 2.36. The number of carbonyl (C=O) groups excluding carboxylic acids is 1. The van der Waals surface area contributed by atoms with E-state index >= 15 is 0 Å². The summed E-state index contributed by atoms with van der Waals surface area (Å²) in [4.78, 5) is 20.2. The highest BCUT2D eigenvalue weighted by atomic mass is 16.4. The van der Waals surface area contributed by atoms with E-state index in [-0.39, 0.29) is 5.91 Å². The van der Waals surface area contributed by atoms with Crippen LogP contribution in [0.2, 0.25) is 0 Å². The Morgan fingerprint density at radius 1 is 1.30 bits per heavy atom. The van der Waals surface area contributed by atoms with Crippen molar-refractivity contribution in [3.63, 3.8) is 0 Å². The van der Waals surface area contributed by atoms with E-state index in [2.05, 4.69) is 20.1 Å². The van der Waals surface area contributed by atoms with Gasteiger partial charge in [-0.2, -0.15) is 4.98 Å². The summed E-state index contributed by atoms with van der Waals surface area (Å²) in [6.45, 7) is 3.93. The fraction of sp³-hybridized carbons (Fsp3) is 0.429. The third kappa shape index (κ3) is 1.92. The Labute approximate surface area is 116 Å². The van der Waals surface area contributed by atoms with Gasteiger partial charge in [-0.1, -0.05) is 12.1 Å². The Balaban J connectivity index is 1.44. The van der Waals surface area contributed by atoms with E-state index in [9.17, 15) is 4.79 Å². The fourth-order valence-electron chi connectivity index (χ4n) is 2.81. The van der Waals surface area contributed by atoms with E-state index in [4.69, 9.17) is 4.42 Å². The van der Waals surface area contributed by atoms with Gasteiger partial charge in [-0.15, -0.1) is 0 Å². The van der Waals surface area contributed by atoms with Crippen LogP contribution in [0.15, 0.2) is 28.7 Å². The fourth-order valence-corrected chi connectivity index (χ4v) is 2.81. The molecule has 0 saturated carbocycles. The Kier molecular flexibility index (Phi) is 2.63. The molecule has 3 heterocycles. The topological polar surface area (TPSA) is 61.6 Å². The maximum atomic E-state index is 11.4. The molecule has 6 nitrogen and oxygen atoms in total. The van der Waals surface area contributed by atoms with Crippen molar-refractivity contribution in [2.45, 2.75) is 6.04 Å². The number of hydrogen-bond donors (Lipinski definition) is 1. The van der Waals surface area contributed by atoms with Crippen molar-refractivity contribution in [3.05, 3.63) is 24.3 Å². The molecule has 0 bridgehead atoms. The number of aromatic nitrogens is 1. The minimum absolute atomic E-state index is 0.122. The summed E-state index contributed by atoms with van der Waals surface area (Å²) in [5, 5.41) is 2.85. The molecule has 4 rings (SSSR count). The van der Waals surface area contributed by atoms with Gasteiger partial charge < -0.3 is 14.6 Å². The Morgan fingerprint density at radius 3 is 2.95 bits per heavy atom. The number of para-hydroxylation sites is 2. The van der Waals surface area contributed by atoms with Gasteiger partial charge in [-0.25, -0.2) is 0 Å². The maximum absolute atomic E-state index is 11.4. The highest BCUT2D eigenvalue weighted by Crippen LogP contribution is 2.26. The van der Waals surface area contributed by atoms with E-state index in [0.717, 1.165) is 37.3 Å². The van der Waals surface area contributed by atoms with Crippen molar-refractivity contribution < 1.29 is 9.21 Å². The number of anilines is 1. The molecule has 6 heteroatoms. The van der Waals surface area contributed by atoms with Crippen LogP contribution in [0.3, 0.4) is 0 Å². The minimum atomic E-state index is 0.122. The SMILES string of the molecule is O=C1CN(C2CN(c3nc4ccccc4o3)C2)CCN1. The van der Waals surface area contributed by atoms with Crippen LogP contribution in [0.25, 0.3) is 11.1 Å². The first-order valence-corrected chi connectivity index (χ1v) is 6.91. The summed E-state index contributed by atoms with van der Waals surface area (Å²) < 4.78 is 5.75. The molecule has 0 radical (unpaired) electrons. The average Bonchev–Trinajstić information content (AvgIpc) is 2.80. The van der Waals surface area contributed by atoms with Crippen molar-refractivity contribution in [2.75, 3.05) is 37.6 Å². The van der Waals surface area contributed by atoms with E-state index in [1.54, 1.807) is 0 Å². The molecule has 0 unspecified atom stereocenters. The quantitative estimate of drug-likeness (QED) is 0.860. The monoisotopic (exact) mass is 272 g/mol.